The molecule has 0 saturated heterocycles. The fraction of sp³-hybridized carbons (Fsp3) is 0.190. The van der Waals surface area contributed by atoms with Gasteiger partial charge in [-0.3, -0.25) is 0 Å². The van der Waals surface area contributed by atoms with Crippen LogP contribution in [0.25, 0.3) is 11.0 Å². The highest BCUT2D eigenvalue weighted by atomic mass is 35.5. The van der Waals surface area contributed by atoms with Crippen LogP contribution < -0.4 is 10.4 Å². The van der Waals surface area contributed by atoms with Gasteiger partial charge in [0.1, 0.15) is 28.4 Å². The molecule has 2 heterocycles. The topological polar surface area (TPSA) is 82.5 Å². The van der Waals surface area contributed by atoms with Crippen LogP contribution in [0.15, 0.2) is 61.3 Å². The summed E-state index contributed by atoms with van der Waals surface area (Å²) in [5.41, 5.74) is -2.59. The molecule has 0 saturated carbocycles. The molecule has 2 atom stereocenters. The molecule has 6 nitrogen and oxygen atoms in total. The quantitative estimate of drug-likeness (QED) is 0.204. The standard InChI is InChI=1S/C21H12Cl2F3NO5/c1-9-17(19(27-32-9)18-13(22)3-2-4-14(18)23)20(29)30-10-5-6-11-12(21(24,25)26)8-16(28)31-15(11)7-10/h2-8,13,18H,1H3. The van der Waals surface area contributed by atoms with Gasteiger partial charge in [-0.15, -0.1) is 11.6 Å². The van der Waals surface area contributed by atoms with Crippen molar-refractivity contribution in [3.63, 3.8) is 0 Å². The second-order valence-corrected chi connectivity index (χ2v) is 7.82. The number of carbonyl (C=O) groups excluding carboxylic acids is 1. The second kappa shape index (κ2) is 8.14. The summed E-state index contributed by atoms with van der Waals surface area (Å²) in [5, 5.41) is 3.28. The van der Waals surface area contributed by atoms with E-state index in [2.05, 4.69) is 5.16 Å². The lowest BCUT2D eigenvalue weighted by Gasteiger charge is -2.20. The van der Waals surface area contributed by atoms with Crippen LogP contribution >= 0.6 is 23.2 Å². The second-order valence-electron chi connectivity index (χ2n) is 6.88. The molecule has 2 unspecified atom stereocenters. The van der Waals surface area contributed by atoms with E-state index in [1.165, 1.54) is 6.92 Å². The number of halogens is 5. The number of carbonyl (C=O) groups is 1. The molecule has 1 aliphatic rings. The third kappa shape index (κ3) is 4.05. The van der Waals surface area contributed by atoms with E-state index in [0.717, 1.165) is 18.2 Å². The Hall–Kier alpha value is -3.04. The molecule has 0 amide bonds. The number of allylic oxidation sites excluding steroid dienone is 4. The first kappa shape index (κ1) is 22.2. The van der Waals surface area contributed by atoms with Crippen LogP contribution in [0.1, 0.15) is 33.3 Å². The molecule has 0 spiro atoms. The van der Waals surface area contributed by atoms with Gasteiger partial charge in [0, 0.05) is 22.6 Å². The lowest BCUT2D eigenvalue weighted by Crippen LogP contribution is -2.19. The van der Waals surface area contributed by atoms with Crippen molar-refractivity contribution in [3.05, 3.63) is 80.5 Å². The zero-order chi connectivity index (χ0) is 23.2. The molecule has 3 aromatic rings. The predicted octanol–water partition coefficient (Wildman–Crippen LogP) is 5.71. The van der Waals surface area contributed by atoms with E-state index in [0.29, 0.717) is 11.1 Å². The van der Waals surface area contributed by atoms with Crippen molar-refractivity contribution < 1.29 is 31.6 Å². The molecule has 0 aliphatic heterocycles. The van der Waals surface area contributed by atoms with Gasteiger partial charge < -0.3 is 13.7 Å². The number of aryl methyl sites for hydroxylation is 1. The Morgan fingerprint density at radius 1 is 1.25 bits per heavy atom. The minimum atomic E-state index is -4.76. The van der Waals surface area contributed by atoms with E-state index >= 15 is 0 Å². The Bertz CT molecular complexity index is 1340. The van der Waals surface area contributed by atoms with Gasteiger partial charge in [0.2, 0.25) is 0 Å². The lowest BCUT2D eigenvalue weighted by molar-refractivity contribution is -0.136. The molecule has 0 N–H and O–H groups in total. The van der Waals surface area contributed by atoms with Gasteiger partial charge in [-0.05, 0) is 25.1 Å². The van der Waals surface area contributed by atoms with Crippen molar-refractivity contribution in [2.24, 2.45) is 0 Å². The number of alkyl halides is 4. The van der Waals surface area contributed by atoms with E-state index in [9.17, 15) is 22.8 Å². The van der Waals surface area contributed by atoms with Crippen molar-refractivity contribution in [1.82, 2.24) is 5.16 Å². The highest BCUT2D eigenvalue weighted by Gasteiger charge is 2.35. The first-order valence-electron chi connectivity index (χ1n) is 9.07. The molecular formula is C21H12Cl2F3NO5. The van der Waals surface area contributed by atoms with Crippen molar-refractivity contribution in [3.8, 4) is 5.75 Å². The van der Waals surface area contributed by atoms with Crippen molar-refractivity contribution >= 4 is 40.1 Å². The summed E-state index contributed by atoms with van der Waals surface area (Å²) in [6.45, 7) is 1.49. The van der Waals surface area contributed by atoms with Crippen LogP contribution in [0, 0.1) is 6.92 Å². The van der Waals surface area contributed by atoms with Crippen LogP contribution in [-0.2, 0) is 6.18 Å². The van der Waals surface area contributed by atoms with E-state index < -0.39 is 34.6 Å². The van der Waals surface area contributed by atoms with Crippen LogP contribution in [0.5, 0.6) is 5.75 Å². The van der Waals surface area contributed by atoms with Crippen LogP contribution in [0.4, 0.5) is 13.2 Å². The highest BCUT2D eigenvalue weighted by molar-refractivity contribution is 6.32. The predicted molar refractivity (Wildman–Crippen MR) is 109 cm³/mol. The van der Waals surface area contributed by atoms with Gasteiger partial charge in [0.05, 0.1) is 16.9 Å². The fourth-order valence-electron chi connectivity index (χ4n) is 3.35. The largest absolute Gasteiger partial charge is 0.423 e. The van der Waals surface area contributed by atoms with E-state index in [-0.39, 0.29) is 33.7 Å². The molecule has 4 rings (SSSR count). The van der Waals surface area contributed by atoms with Gasteiger partial charge in [0.15, 0.2) is 0 Å². The number of nitrogens with zero attached hydrogens (tertiary/aromatic N) is 1. The number of esters is 1. The molecule has 0 radical (unpaired) electrons. The maximum atomic E-state index is 13.2. The summed E-state index contributed by atoms with van der Waals surface area (Å²) in [6, 6.07) is 3.58. The normalized spacial score (nSPS) is 18.6. The van der Waals surface area contributed by atoms with Gasteiger partial charge in [-0.25, -0.2) is 9.59 Å². The number of benzene rings is 1. The molecule has 0 fully saturated rings. The Balaban J connectivity index is 1.70. The number of rotatable bonds is 3. The van der Waals surface area contributed by atoms with Gasteiger partial charge in [-0.2, -0.15) is 13.2 Å². The van der Waals surface area contributed by atoms with Crippen LogP contribution in [-0.4, -0.2) is 16.5 Å². The van der Waals surface area contributed by atoms with Crippen molar-refractivity contribution in [1.29, 1.82) is 0 Å². The minimum absolute atomic E-state index is 0.0203. The van der Waals surface area contributed by atoms with Gasteiger partial charge >= 0.3 is 17.8 Å². The fourth-order valence-corrected chi connectivity index (χ4v) is 4.07. The number of hydrogen-bond acceptors (Lipinski definition) is 6. The zero-order valence-electron chi connectivity index (χ0n) is 16.1. The SMILES string of the molecule is Cc1onc(C2C(Cl)=CC=CC2Cl)c1C(=O)Oc1ccc2c(C(F)(F)F)cc(=O)oc2c1. The molecule has 11 heteroatoms. The minimum Gasteiger partial charge on any atom is -0.423 e. The number of hydrogen-bond donors (Lipinski definition) is 0. The summed E-state index contributed by atoms with van der Waals surface area (Å²) in [7, 11) is 0. The van der Waals surface area contributed by atoms with E-state index in [1.807, 2.05) is 0 Å². The number of aromatic nitrogens is 1. The number of ether oxygens (including phenoxy) is 1. The highest BCUT2D eigenvalue weighted by Crippen LogP contribution is 2.39. The van der Waals surface area contributed by atoms with E-state index in [1.54, 1.807) is 18.2 Å². The molecule has 166 valence electrons. The maximum absolute atomic E-state index is 13.2. The van der Waals surface area contributed by atoms with Crippen molar-refractivity contribution in [2.45, 2.75) is 24.4 Å². The first-order chi connectivity index (χ1) is 15.1. The third-order valence-corrected chi connectivity index (χ3v) is 5.54. The molecule has 1 aliphatic carbocycles. The Labute approximate surface area is 187 Å². The zero-order valence-corrected chi connectivity index (χ0v) is 17.6. The monoisotopic (exact) mass is 485 g/mol. The lowest BCUT2D eigenvalue weighted by atomic mass is 9.93. The summed E-state index contributed by atoms with van der Waals surface area (Å²) in [6.07, 6.45) is 0.175. The summed E-state index contributed by atoms with van der Waals surface area (Å²) in [5.74, 6) is -1.56. The summed E-state index contributed by atoms with van der Waals surface area (Å²) >= 11 is 12.6. The molecule has 1 aromatic carbocycles. The summed E-state index contributed by atoms with van der Waals surface area (Å²) < 4.78 is 54.9. The maximum Gasteiger partial charge on any atom is 0.417 e. The third-order valence-electron chi connectivity index (χ3n) is 4.79. The van der Waals surface area contributed by atoms with Crippen LogP contribution in [0.3, 0.4) is 0 Å². The number of fused-ring (bicyclic) bond motifs is 1. The summed E-state index contributed by atoms with van der Waals surface area (Å²) in [4.78, 5) is 24.5. The average molecular weight is 486 g/mol. The smallest absolute Gasteiger partial charge is 0.417 e. The average Bonchev–Trinajstić information content (AvgIpc) is 3.07. The molecule has 0 bridgehead atoms. The van der Waals surface area contributed by atoms with Gasteiger partial charge in [0.25, 0.3) is 0 Å². The molecule has 32 heavy (non-hydrogen) atoms. The Morgan fingerprint density at radius 3 is 2.69 bits per heavy atom. The molecule has 2 aromatic heterocycles. The Kier molecular flexibility index (Phi) is 5.64. The van der Waals surface area contributed by atoms with Crippen LogP contribution in [0.2, 0.25) is 0 Å². The Morgan fingerprint density at radius 2 is 2.00 bits per heavy atom. The van der Waals surface area contributed by atoms with Gasteiger partial charge in [-0.1, -0.05) is 28.9 Å². The first-order valence-corrected chi connectivity index (χ1v) is 9.89. The van der Waals surface area contributed by atoms with Crippen molar-refractivity contribution in [2.75, 3.05) is 0 Å². The van der Waals surface area contributed by atoms with E-state index in [4.69, 9.17) is 36.9 Å². The molecular weight excluding hydrogens is 474 g/mol.